The third-order valence-corrected chi connectivity index (χ3v) is 3.60. The molecule has 2 N–H and O–H groups in total. The van der Waals surface area contributed by atoms with E-state index in [4.69, 9.17) is 16.3 Å². The fourth-order valence-electron chi connectivity index (χ4n) is 2.17. The summed E-state index contributed by atoms with van der Waals surface area (Å²) in [7, 11) is 0. The second-order valence-corrected chi connectivity index (χ2v) is 6.06. The van der Waals surface area contributed by atoms with Gasteiger partial charge in [0.05, 0.1) is 6.42 Å². The number of halogens is 1. The third kappa shape index (κ3) is 6.94. The minimum Gasteiger partial charge on any atom is -0.455 e. The summed E-state index contributed by atoms with van der Waals surface area (Å²) in [4.78, 5) is 34.5. The Morgan fingerprint density at radius 1 is 1.04 bits per heavy atom. The van der Waals surface area contributed by atoms with Crippen LogP contribution < -0.4 is 10.6 Å². The number of carbonyl (C=O) groups excluding carboxylic acids is 3. The van der Waals surface area contributed by atoms with Crippen LogP contribution in [0, 0.1) is 0 Å². The molecular formula is C19H19ClN2O4. The molecule has 0 radical (unpaired) electrons. The zero-order chi connectivity index (χ0) is 18.9. The van der Waals surface area contributed by atoms with Gasteiger partial charge in [-0.3, -0.25) is 14.4 Å². The Morgan fingerprint density at radius 3 is 2.42 bits per heavy atom. The lowest BCUT2D eigenvalue weighted by molar-refractivity contribution is -0.147. The van der Waals surface area contributed by atoms with E-state index in [0.717, 1.165) is 11.1 Å². The van der Waals surface area contributed by atoms with E-state index < -0.39 is 5.97 Å². The van der Waals surface area contributed by atoms with Crippen molar-refractivity contribution in [3.8, 4) is 0 Å². The number of anilines is 1. The van der Waals surface area contributed by atoms with E-state index in [1.165, 1.54) is 6.92 Å². The van der Waals surface area contributed by atoms with Crippen LogP contribution in [0.5, 0.6) is 0 Å². The predicted molar refractivity (Wildman–Crippen MR) is 98.7 cm³/mol. The molecule has 6 nitrogen and oxygen atoms in total. The number of esters is 1. The van der Waals surface area contributed by atoms with E-state index in [0.29, 0.717) is 17.3 Å². The fraction of sp³-hybridized carbons (Fsp3) is 0.211. The van der Waals surface area contributed by atoms with Gasteiger partial charge < -0.3 is 15.4 Å². The van der Waals surface area contributed by atoms with Gasteiger partial charge in [-0.2, -0.15) is 0 Å². The summed E-state index contributed by atoms with van der Waals surface area (Å²) in [6, 6.07) is 13.9. The van der Waals surface area contributed by atoms with Gasteiger partial charge >= 0.3 is 5.97 Å². The molecule has 26 heavy (non-hydrogen) atoms. The van der Waals surface area contributed by atoms with Gasteiger partial charge in [-0.1, -0.05) is 35.9 Å². The van der Waals surface area contributed by atoms with Crippen LogP contribution in [0.3, 0.4) is 0 Å². The molecule has 0 aromatic heterocycles. The highest BCUT2D eigenvalue weighted by molar-refractivity contribution is 6.30. The molecule has 0 atom stereocenters. The summed E-state index contributed by atoms with van der Waals surface area (Å²) in [5.74, 6) is -1.06. The van der Waals surface area contributed by atoms with Crippen molar-refractivity contribution in [3.63, 3.8) is 0 Å². The third-order valence-electron chi connectivity index (χ3n) is 3.37. The van der Waals surface area contributed by atoms with E-state index in [-0.39, 0.29) is 24.8 Å². The number of amides is 2. The molecule has 0 aliphatic rings. The zero-order valence-corrected chi connectivity index (χ0v) is 15.0. The topological polar surface area (TPSA) is 84.5 Å². The Bertz CT molecular complexity index is 790. The number of nitrogens with one attached hydrogen (secondary N) is 2. The summed E-state index contributed by atoms with van der Waals surface area (Å²) in [5, 5.41) is 5.89. The smallest absolute Gasteiger partial charge is 0.310 e. The van der Waals surface area contributed by atoms with Crippen LogP contribution in [-0.2, 0) is 32.1 Å². The van der Waals surface area contributed by atoms with Crippen molar-refractivity contribution >= 4 is 35.1 Å². The van der Waals surface area contributed by atoms with Crippen molar-refractivity contribution in [2.75, 3.05) is 11.9 Å². The Kier molecular flexibility index (Phi) is 7.17. The molecule has 2 rings (SSSR count). The lowest BCUT2D eigenvalue weighted by atomic mass is 10.1. The maximum atomic E-state index is 11.8. The Morgan fingerprint density at radius 2 is 1.77 bits per heavy atom. The first-order valence-corrected chi connectivity index (χ1v) is 8.33. The molecule has 0 aliphatic carbocycles. The highest BCUT2D eigenvalue weighted by Crippen LogP contribution is 2.11. The Balaban J connectivity index is 1.72. The van der Waals surface area contributed by atoms with Crippen molar-refractivity contribution in [1.29, 1.82) is 0 Å². The maximum Gasteiger partial charge on any atom is 0.310 e. The largest absolute Gasteiger partial charge is 0.455 e. The van der Waals surface area contributed by atoms with Crippen molar-refractivity contribution in [3.05, 3.63) is 64.7 Å². The first kappa shape index (κ1) is 19.5. The lowest BCUT2D eigenvalue weighted by Crippen LogP contribution is -2.28. The van der Waals surface area contributed by atoms with E-state index in [9.17, 15) is 14.4 Å². The van der Waals surface area contributed by atoms with Gasteiger partial charge in [-0.05, 0) is 35.4 Å². The summed E-state index contributed by atoms with van der Waals surface area (Å²) in [5.41, 5.74) is 2.23. The van der Waals surface area contributed by atoms with Crippen molar-refractivity contribution < 1.29 is 19.1 Å². The second kappa shape index (κ2) is 9.58. The van der Waals surface area contributed by atoms with Crippen LogP contribution in [0.2, 0.25) is 5.02 Å². The zero-order valence-electron chi connectivity index (χ0n) is 14.3. The molecule has 0 saturated heterocycles. The molecule has 2 aromatic rings. The lowest BCUT2D eigenvalue weighted by Gasteiger charge is -2.08. The monoisotopic (exact) mass is 374 g/mol. The van der Waals surface area contributed by atoms with Gasteiger partial charge in [-0.25, -0.2) is 0 Å². The van der Waals surface area contributed by atoms with Crippen LogP contribution in [0.1, 0.15) is 18.1 Å². The van der Waals surface area contributed by atoms with E-state index in [1.54, 1.807) is 42.5 Å². The second-order valence-electron chi connectivity index (χ2n) is 5.62. The SMILES string of the molecule is CC(=O)Nc1ccc(CC(=O)OCC(=O)NCc2cccc(Cl)c2)cc1. The van der Waals surface area contributed by atoms with Crippen molar-refractivity contribution in [1.82, 2.24) is 5.32 Å². The summed E-state index contributed by atoms with van der Waals surface area (Å²) >= 11 is 5.87. The van der Waals surface area contributed by atoms with E-state index in [1.807, 2.05) is 6.07 Å². The van der Waals surface area contributed by atoms with Gasteiger partial charge in [0.2, 0.25) is 5.91 Å². The van der Waals surface area contributed by atoms with Crippen LogP contribution in [0.25, 0.3) is 0 Å². The summed E-state index contributed by atoms with van der Waals surface area (Å²) in [6.45, 7) is 1.38. The molecule has 136 valence electrons. The highest BCUT2D eigenvalue weighted by atomic mass is 35.5. The Labute approximate surface area is 156 Å². The molecule has 0 heterocycles. The van der Waals surface area contributed by atoms with E-state index in [2.05, 4.69) is 10.6 Å². The van der Waals surface area contributed by atoms with E-state index >= 15 is 0 Å². The average Bonchev–Trinajstić information content (AvgIpc) is 2.59. The molecule has 2 amide bonds. The van der Waals surface area contributed by atoms with Gasteiger partial charge in [0, 0.05) is 24.2 Å². The van der Waals surface area contributed by atoms with Gasteiger partial charge in [-0.15, -0.1) is 0 Å². The Hall–Kier alpha value is -2.86. The maximum absolute atomic E-state index is 11.8. The van der Waals surface area contributed by atoms with Crippen LogP contribution in [-0.4, -0.2) is 24.4 Å². The minimum absolute atomic E-state index is 0.0436. The molecule has 0 unspecified atom stereocenters. The van der Waals surface area contributed by atoms with Crippen molar-refractivity contribution in [2.24, 2.45) is 0 Å². The summed E-state index contributed by atoms with van der Waals surface area (Å²) < 4.78 is 4.97. The molecule has 0 fully saturated rings. The average molecular weight is 375 g/mol. The molecule has 0 saturated carbocycles. The van der Waals surface area contributed by atoms with Crippen molar-refractivity contribution in [2.45, 2.75) is 19.9 Å². The first-order valence-electron chi connectivity index (χ1n) is 7.95. The quantitative estimate of drug-likeness (QED) is 0.730. The minimum atomic E-state index is -0.504. The fourth-order valence-corrected chi connectivity index (χ4v) is 2.38. The molecule has 7 heteroatoms. The highest BCUT2D eigenvalue weighted by Gasteiger charge is 2.09. The van der Waals surface area contributed by atoms with Gasteiger partial charge in [0.1, 0.15) is 0 Å². The normalized spacial score (nSPS) is 10.1. The number of hydrogen-bond donors (Lipinski definition) is 2. The number of hydrogen-bond acceptors (Lipinski definition) is 4. The molecular weight excluding hydrogens is 356 g/mol. The standard InChI is InChI=1S/C19H19ClN2O4/c1-13(23)22-17-7-5-14(6-8-17)10-19(25)26-12-18(24)21-11-15-3-2-4-16(20)9-15/h2-9H,10-12H2,1H3,(H,21,24)(H,22,23). The number of ether oxygens (including phenoxy) is 1. The van der Waals surface area contributed by atoms with Crippen LogP contribution in [0.15, 0.2) is 48.5 Å². The predicted octanol–water partition coefficient (Wildman–Crippen LogP) is 2.70. The van der Waals surface area contributed by atoms with Gasteiger partial charge in [0.25, 0.3) is 5.91 Å². The summed E-state index contributed by atoms with van der Waals surface area (Å²) in [6.07, 6.45) is 0.0436. The van der Waals surface area contributed by atoms with Gasteiger partial charge in [0.15, 0.2) is 6.61 Å². The molecule has 2 aromatic carbocycles. The van der Waals surface area contributed by atoms with Crippen LogP contribution in [0.4, 0.5) is 5.69 Å². The molecule has 0 spiro atoms. The molecule has 0 aliphatic heterocycles. The number of benzene rings is 2. The first-order chi connectivity index (χ1) is 12.4. The van der Waals surface area contributed by atoms with Crippen LogP contribution >= 0.6 is 11.6 Å². The molecule has 0 bridgehead atoms. The number of carbonyl (C=O) groups is 3. The number of rotatable bonds is 7.